The van der Waals surface area contributed by atoms with Crippen LogP contribution in [0.5, 0.6) is 23.0 Å². The van der Waals surface area contributed by atoms with Crippen LogP contribution in [0.25, 0.3) is 10.1 Å². The number of hydrogen-bond donors (Lipinski definition) is 0. The van der Waals surface area contributed by atoms with E-state index in [0.29, 0.717) is 0 Å². The molecule has 7 rings (SSSR count). The quantitative estimate of drug-likeness (QED) is 0.222. The summed E-state index contributed by atoms with van der Waals surface area (Å²) in [6.45, 7) is 16.5. The second kappa shape index (κ2) is 6.53. The van der Waals surface area contributed by atoms with Gasteiger partial charge in [-0.25, -0.2) is 0 Å². The standard InChI is InChI=1S/C31H31BO2S/c1-29(2,3)17-11-12-25-18(13-17)27-28(35-25)32-21-14-19-20(31(6,7)16-30(19,4)5)15-24(21)33-22-9-8-10-23(34-27)26(22)32/h8-15H,16H2,1-7H3. The Labute approximate surface area is 212 Å². The van der Waals surface area contributed by atoms with Crippen LogP contribution in [0.2, 0.25) is 0 Å². The molecule has 2 nitrogen and oxygen atoms in total. The Kier molecular flexibility index (Phi) is 4.02. The van der Waals surface area contributed by atoms with Crippen LogP contribution in [-0.2, 0) is 16.2 Å². The van der Waals surface area contributed by atoms with Crippen molar-refractivity contribution in [3.8, 4) is 23.0 Å². The molecule has 1 aliphatic carbocycles. The van der Waals surface area contributed by atoms with E-state index in [1.54, 1.807) is 0 Å². The molecule has 3 aromatic carbocycles. The van der Waals surface area contributed by atoms with Crippen molar-refractivity contribution in [2.45, 2.75) is 71.1 Å². The molecule has 0 atom stereocenters. The summed E-state index contributed by atoms with van der Waals surface area (Å²) in [6, 6.07) is 17.9. The Morgan fingerprint density at radius 1 is 0.829 bits per heavy atom. The first-order valence-electron chi connectivity index (χ1n) is 12.7. The average Bonchev–Trinajstić information content (AvgIpc) is 3.22. The van der Waals surface area contributed by atoms with E-state index < -0.39 is 0 Å². The van der Waals surface area contributed by atoms with Gasteiger partial charge >= 0.3 is 0 Å². The summed E-state index contributed by atoms with van der Waals surface area (Å²) >= 11 is 1.87. The van der Waals surface area contributed by atoms with Gasteiger partial charge in [0.05, 0.1) is 0 Å². The van der Waals surface area contributed by atoms with Crippen molar-refractivity contribution in [3.63, 3.8) is 0 Å². The highest BCUT2D eigenvalue weighted by atomic mass is 32.1. The number of rotatable bonds is 0. The Morgan fingerprint density at radius 3 is 2.23 bits per heavy atom. The summed E-state index contributed by atoms with van der Waals surface area (Å²) < 4.78 is 15.8. The van der Waals surface area contributed by atoms with Gasteiger partial charge in [0, 0.05) is 20.3 Å². The maximum atomic E-state index is 6.66. The van der Waals surface area contributed by atoms with Gasteiger partial charge in [-0.05, 0) is 75.2 Å². The van der Waals surface area contributed by atoms with E-state index in [0.717, 1.165) is 29.4 Å². The van der Waals surface area contributed by atoms with Crippen molar-refractivity contribution in [1.29, 1.82) is 0 Å². The van der Waals surface area contributed by atoms with Gasteiger partial charge in [-0.1, -0.05) is 66.7 Å². The van der Waals surface area contributed by atoms with E-state index in [-0.39, 0.29) is 23.0 Å². The largest absolute Gasteiger partial charge is 0.458 e. The highest BCUT2D eigenvalue weighted by Crippen LogP contribution is 2.51. The van der Waals surface area contributed by atoms with Crippen LogP contribution in [0, 0.1) is 0 Å². The summed E-state index contributed by atoms with van der Waals surface area (Å²) in [4.78, 5) is 0. The number of ether oxygens (including phenoxy) is 2. The van der Waals surface area contributed by atoms with Crippen LogP contribution in [0.4, 0.5) is 0 Å². The predicted molar refractivity (Wildman–Crippen MR) is 149 cm³/mol. The highest BCUT2D eigenvalue weighted by molar-refractivity contribution is 7.33. The Balaban J connectivity index is 1.51. The third-order valence-corrected chi connectivity index (χ3v) is 9.56. The van der Waals surface area contributed by atoms with Crippen LogP contribution in [0.15, 0.2) is 48.5 Å². The minimum absolute atomic E-state index is 0.0902. The molecule has 176 valence electrons. The van der Waals surface area contributed by atoms with Crippen molar-refractivity contribution >= 4 is 43.8 Å². The summed E-state index contributed by atoms with van der Waals surface area (Å²) in [7, 11) is 0. The molecule has 3 heterocycles. The first kappa shape index (κ1) is 21.6. The molecule has 0 N–H and O–H groups in total. The van der Waals surface area contributed by atoms with E-state index in [2.05, 4.69) is 97.0 Å². The second-order valence-electron chi connectivity index (χ2n) is 12.9. The van der Waals surface area contributed by atoms with E-state index in [1.165, 1.54) is 42.5 Å². The first-order chi connectivity index (χ1) is 16.4. The van der Waals surface area contributed by atoms with E-state index >= 15 is 0 Å². The summed E-state index contributed by atoms with van der Waals surface area (Å²) in [6.07, 6.45) is 1.15. The molecule has 0 bridgehead atoms. The van der Waals surface area contributed by atoms with Gasteiger partial charge in [0.2, 0.25) is 0 Å². The van der Waals surface area contributed by atoms with Gasteiger partial charge in [0.25, 0.3) is 6.71 Å². The molecule has 0 radical (unpaired) electrons. The van der Waals surface area contributed by atoms with E-state index in [4.69, 9.17) is 9.47 Å². The van der Waals surface area contributed by atoms with E-state index in [9.17, 15) is 0 Å². The van der Waals surface area contributed by atoms with Crippen molar-refractivity contribution in [2.24, 2.45) is 0 Å². The number of fused-ring (bicyclic) bond motifs is 7. The lowest BCUT2D eigenvalue weighted by Crippen LogP contribution is -2.56. The average molecular weight is 478 g/mol. The lowest BCUT2D eigenvalue weighted by molar-refractivity contribution is 0.402. The molecule has 3 aliphatic rings. The fraction of sp³-hybridized carbons (Fsp3) is 0.355. The predicted octanol–water partition coefficient (Wildman–Crippen LogP) is 6.89. The van der Waals surface area contributed by atoms with Gasteiger partial charge < -0.3 is 9.47 Å². The molecule has 2 aliphatic heterocycles. The van der Waals surface area contributed by atoms with Gasteiger partial charge in [0.15, 0.2) is 0 Å². The van der Waals surface area contributed by atoms with Crippen molar-refractivity contribution in [3.05, 3.63) is 65.2 Å². The van der Waals surface area contributed by atoms with Crippen molar-refractivity contribution < 1.29 is 9.47 Å². The van der Waals surface area contributed by atoms with Crippen LogP contribution in [-0.4, -0.2) is 6.71 Å². The summed E-state index contributed by atoms with van der Waals surface area (Å²) in [5, 5.41) is 1.23. The third-order valence-electron chi connectivity index (χ3n) is 8.35. The monoisotopic (exact) mass is 478 g/mol. The molecule has 0 unspecified atom stereocenters. The van der Waals surface area contributed by atoms with E-state index in [1.807, 2.05) is 11.3 Å². The molecule has 4 heteroatoms. The Morgan fingerprint density at radius 2 is 1.51 bits per heavy atom. The third kappa shape index (κ3) is 2.89. The first-order valence-corrected chi connectivity index (χ1v) is 13.5. The fourth-order valence-corrected chi connectivity index (χ4v) is 8.07. The SMILES string of the molecule is CC(C)(C)c1ccc2sc3c(c2c1)Oc1cccc2c1B3c1cc3c(cc1O2)C(C)(C)CC3(C)C. The zero-order valence-corrected chi connectivity index (χ0v) is 22.4. The van der Waals surface area contributed by atoms with Gasteiger partial charge in [-0.15, -0.1) is 11.3 Å². The normalized spacial score (nSPS) is 18.3. The smallest absolute Gasteiger partial charge is 0.273 e. The molecule has 35 heavy (non-hydrogen) atoms. The van der Waals surface area contributed by atoms with Gasteiger partial charge in [-0.3, -0.25) is 0 Å². The van der Waals surface area contributed by atoms with Crippen LogP contribution < -0.4 is 25.2 Å². The molecule has 0 fully saturated rings. The molecule has 0 saturated carbocycles. The molecule has 0 spiro atoms. The zero-order chi connectivity index (χ0) is 24.5. The number of thiophene rings is 1. The van der Waals surface area contributed by atoms with Crippen LogP contribution >= 0.6 is 11.3 Å². The summed E-state index contributed by atoms with van der Waals surface area (Å²) in [5.41, 5.74) is 7.06. The maximum Gasteiger partial charge on any atom is 0.273 e. The topological polar surface area (TPSA) is 18.5 Å². The molecule has 0 saturated heterocycles. The second-order valence-corrected chi connectivity index (χ2v) is 14.0. The van der Waals surface area contributed by atoms with Crippen LogP contribution in [0.1, 0.15) is 71.6 Å². The van der Waals surface area contributed by atoms with Crippen LogP contribution in [0.3, 0.4) is 0 Å². The fourth-order valence-electron chi connectivity index (χ4n) is 6.82. The molecular formula is C31H31BO2S. The number of hydrogen-bond acceptors (Lipinski definition) is 3. The molecular weight excluding hydrogens is 447 g/mol. The highest BCUT2D eigenvalue weighted by Gasteiger charge is 2.47. The molecule has 4 aromatic rings. The molecule has 0 amide bonds. The van der Waals surface area contributed by atoms with Gasteiger partial charge in [-0.2, -0.15) is 0 Å². The lowest BCUT2D eigenvalue weighted by Gasteiger charge is -2.32. The molecule has 1 aromatic heterocycles. The maximum absolute atomic E-state index is 6.66. The summed E-state index contributed by atoms with van der Waals surface area (Å²) in [5.74, 6) is 3.88. The minimum Gasteiger partial charge on any atom is -0.458 e. The lowest BCUT2D eigenvalue weighted by atomic mass is 9.37. The Bertz CT molecular complexity index is 1570. The minimum atomic E-state index is 0.0902. The Hall–Kier alpha value is -2.72. The van der Waals surface area contributed by atoms with Gasteiger partial charge in [0.1, 0.15) is 23.0 Å². The van der Waals surface area contributed by atoms with Crippen molar-refractivity contribution in [1.82, 2.24) is 0 Å². The number of benzene rings is 3. The van der Waals surface area contributed by atoms with Crippen molar-refractivity contribution in [2.75, 3.05) is 0 Å². The zero-order valence-electron chi connectivity index (χ0n) is 21.6.